The van der Waals surface area contributed by atoms with E-state index >= 15 is 0 Å². The number of rotatable bonds is 4. The SMILES string of the molecule is Cc1ccccc1C(=O)N/N=C/c1cc(C)n(-c2ccccc2Br)c1C. The predicted octanol–water partition coefficient (Wildman–Crippen LogP) is 4.93. The Bertz CT molecular complexity index is 989. The number of hydrazone groups is 1. The van der Waals surface area contributed by atoms with Crippen LogP contribution in [0.3, 0.4) is 0 Å². The standard InChI is InChI=1S/C21H20BrN3O/c1-14-8-4-5-9-18(14)21(26)24-23-13-17-12-15(2)25(16(17)3)20-11-7-6-10-19(20)22/h4-13H,1-3H3,(H,24,26)/b23-13+. The zero-order valence-electron chi connectivity index (χ0n) is 15.0. The molecule has 0 atom stereocenters. The summed E-state index contributed by atoms with van der Waals surface area (Å²) in [5.41, 5.74) is 8.35. The van der Waals surface area contributed by atoms with E-state index in [4.69, 9.17) is 0 Å². The van der Waals surface area contributed by atoms with Crippen LogP contribution in [0.4, 0.5) is 0 Å². The highest BCUT2D eigenvalue weighted by Crippen LogP contribution is 2.26. The van der Waals surface area contributed by atoms with Gasteiger partial charge in [0.2, 0.25) is 0 Å². The van der Waals surface area contributed by atoms with Crippen molar-refractivity contribution in [2.24, 2.45) is 5.10 Å². The van der Waals surface area contributed by atoms with E-state index in [-0.39, 0.29) is 5.91 Å². The van der Waals surface area contributed by atoms with Gasteiger partial charge in [-0.15, -0.1) is 0 Å². The van der Waals surface area contributed by atoms with Crippen LogP contribution in [0.2, 0.25) is 0 Å². The Hall–Kier alpha value is -2.66. The van der Waals surface area contributed by atoms with Gasteiger partial charge in [0.1, 0.15) is 0 Å². The van der Waals surface area contributed by atoms with Crippen molar-refractivity contribution in [3.63, 3.8) is 0 Å². The first-order valence-electron chi connectivity index (χ1n) is 8.32. The van der Waals surface area contributed by atoms with Crippen LogP contribution in [0.5, 0.6) is 0 Å². The van der Waals surface area contributed by atoms with Crippen molar-refractivity contribution < 1.29 is 4.79 Å². The lowest BCUT2D eigenvalue weighted by Crippen LogP contribution is -2.18. The predicted molar refractivity (Wildman–Crippen MR) is 109 cm³/mol. The summed E-state index contributed by atoms with van der Waals surface area (Å²) in [6.45, 7) is 6.00. The fraction of sp³-hybridized carbons (Fsp3) is 0.143. The second-order valence-electron chi connectivity index (χ2n) is 6.13. The summed E-state index contributed by atoms with van der Waals surface area (Å²) in [5, 5.41) is 4.14. The van der Waals surface area contributed by atoms with Crippen LogP contribution in [0.1, 0.15) is 32.9 Å². The number of carbonyl (C=O) groups excluding carboxylic acids is 1. The van der Waals surface area contributed by atoms with Gasteiger partial charge in [-0.1, -0.05) is 30.3 Å². The van der Waals surface area contributed by atoms with Gasteiger partial charge >= 0.3 is 0 Å². The first-order chi connectivity index (χ1) is 12.5. The quantitative estimate of drug-likeness (QED) is 0.481. The van der Waals surface area contributed by atoms with Gasteiger partial charge in [-0.3, -0.25) is 4.79 Å². The lowest BCUT2D eigenvalue weighted by molar-refractivity contribution is 0.0954. The number of aromatic nitrogens is 1. The van der Waals surface area contributed by atoms with Gasteiger partial charge in [0.05, 0.1) is 11.9 Å². The molecule has 2 aromatic carbocycles. The Morgan fingerprint density at radius 2 is 1.77 bits per heavy atom. The molecule has 5 heteroatoms. The molecule has 3 rings (SSSR count). The van der Waals surface area contributed by atoms with E-state index in [2.05, 4.69) is 50.1 Å². The number of para-hydroxylation sites is 1. The largest absolute Gasteiger partial charge is 0.317 e. The summed E-state index contributed by atoms with van der Waals surface area (Å²) in [4.78, 5) is 12.2. The molecule has 0 spiro atoms. The smallest absolute Gasteiger partial charge is 0.271 e. The molecule has 26 heavy (non-hydrogen) atoms. The molecular formula is C21H20BrN3O. The normalized spacial score (nSPS) is 11.1. The van der Waals surface area contributed by atoms with Crippen LogP contribution in [0.25, 0.3) is 5.69 Å². The van der Waals surface area contributed by atoms with E-state index in [0.29, 0.717) is 5.56 Å². The topological polar surface area (TPSA) is 46.4 Å². The number of aryl methyl sites for hydroxylation is 2. The summed E-state index contributed by atoms with van der Waals surface area (Å²) in [7, 11) is 0. The third-order valence-electron chi connectivity index (χ3n) is 4.32. The Labute approximate surface area is 161 Å². The van der Waals surface area contributed by atoms with Crippen LogP contribution in [-0.2, 0) is 0 Å². The number of nitrogens with one attached hydrogen (secondary N) is 1. The average molecular weight is 410 g/mol. The van der Waals surface area contributed by atoms with E-state index in [9.17, 15) is 4.79 Å². The van der Waals surface area contributed by atoms with E-state index in [1.54, 1.807) is 12.3 Å². The Morgan fingerprint density at radius 3 is 2.50 bits per heavy atom. The monoisotopic (exact) mass is 409 g/mol. The Balaban J connectivity index is 1.82. The van der Waals surface area contributed by atoms with E-state index in [1.807, 2.05) is 50.2 Å². The van der Waals surface area contributed by atoms with Crippen molar-refractivity contribution in [2.75, 3.05) is 0 Å². The Kier molecular flexibility index (Phi) is 5.38. The molecule has 1 heterocycles. The molecule has 0 saturated carbocycles. The molecule has 4 nitrogen and oxygen atoms in total. The summed E-state index contributed by atoms with van der Waals surface area (Å²) < 4.78 is 3.19. The average Bonchev–Trinajstić information content (AvgIpc) is 2.90. The Morgan fingerprint density at radius 1 is 1.08 bits per heavy atom. The third kappa shape index (κ3) is 3.63. The number of hydrogen-bond donors (Lipinski definition) is 1. The molecule has 0 radical (unpaired) electrons. The molecular weight excluding hydrogens is 390 g/mol. The number of halogens is 1. The van der Waals surface area contributed by atoms with Crippen molar-refractivity contribution in [3.05, 3.63) is 87.1 Å². The maximum atomic E-state index is 12.2. The number of amides is 1. The van der Waals surface area contributed by atoms with Crippen molar-refractivity contribution in [1.29, 1.82) is 0 Å². The van der Waals surface area contributed by atoms with E-state index in [1.165, 1.54) is 0 Å². The van der Waals surface area contributed by atoms with Gasteiger partial charge in [0, 0.05) is 27.0 Å². The van der Waals surface area contributed by atoms with Crippen LogP contribution in [0, 0.1) is 20.8 Å². The minimum atomic E-state index is -0.209. The number of benzene rings is 2. The molecule has 0 aliphatic rings. The minimum Gasteiger partial charge on any atom is -0.317 e. The molecule has 0 aliphatic heterocycles. The number of carbonyl (C=O) groups is 1. The maximum Gasteiger partial charge on any atom is 0.271 e. The summed E-state index contributed by atoms with van der Waals surface area (Å²) in [6.07, 6.45) is 1.69. The van der Waals surface area contributed by atoms with Crippen LogP contribution >= 0.6 is 15.9 Å². The molecule has 0 unspecified atom stereocenters. The second-order valence-corrected chi connectivity index (χ2v) is 6.98. The molecule has 0 fully saturated rings. The van der Waals surface area contributed by atoms with Crippen molar-refractivity contribution in [2.45, 2.75) is 20.8 Å². The van der Waals surface area contributed by atoms with Gasteiger partial charge in [0.15, 0.2) is 0 Å². The maximum absolute atomic E-state index is 12.2. The zero-order chi connectivity index (χ0) is 18.7. The van der Waals surface area contributed by atoms with Crippen LogP contribution in [-0.4, -0.2) is 16.7 Å². The lowest BCUT2D eigenvalue weighted by Gasteiger charge is -2.11. The highest BCUT2D eigenvalue weighted by Gasteiger charge is 2.12. The first kappa shape index (κ1) is 18.1. The van der Waals surface area contributed by atoms with Gasteiger partial charge in [-0.2, -0.15) is 5.10 Å². The van der Waals surface area contributed by atoms with Crippen molar-refractivity contribution in [1.82, 2.24) is 9.99 Å². The number of nitrogens with zero attached hydrogens (tertiary/aromatic N) is 2. The van der Waals surface area contributed by atoms with Crippen LogP contribution < -0.4 is 5.43 Å². The molecule has 132 valence electrons. The van der Waals surface area contributed by atoms with E-state index in [0.717, 1.165) is 32.7 Å². The molecule has 1 aromatic heterocycles. The minimum absolute atomic E-state index is 0.209. The van der Waals surface area contributed by atoms with Gasteiger partial charge < -0.3 is 4.57 Å². The van der Waals surface area contributed by atoms with Crippen LogP contribution in [0.15, 0.2) is 64.2 Å². The zero-order valence-corrected chi connectivity index (χ0v) is 16.5. The summed E-state index contributed by atoms with van der Waals surface area (Å²) >= 11 is 3.60. The molecule has 0 aliphatic carbocycles. The highest BCUT2D eigenvalue weighted by molar-refractivity contribution is 9.10. The number of hydrogen-bond acceptors (Lipinski definition) is 2. The molecule has 0 bridgehead atoms. The second kappa shape index (κ2) is 7.70. The van der Waals surface area contributed by atoms with Gasteiger partial charge in [-0.05, 0) is 66.5 Å². The van der Waals surface area contributed by atoms with Gasteiger partial charge in [0.25, 0.3) is 5.91 Å². The highest BCUT2D eigenvalue weighted by atomic mass is 79.9. The molecule has 1 amide bonds. The van der Waals surface area contributed by atoms with E-state index < -0.39 is 0 Å². The van der Waals surface area contributed by atoms with Crippen molar-refractivity contribution >= 4 is 28.1 Å². The lowest BCUT2D eigenvalue weighted by atomic mass is 10.1. The summed E-state index contributed by atoms with van der Waals surface area (Å²) in [5.74, 6) is -0.209. The summed E-state index contributed by atoms with van der Waals surface area (Å²) in [6, 6.07) is 17.6. The first-order valence-corrected chi connectivity index (χ1v) is 9.11. The third-order valence-corrected chi connectivity index (χ3v) is 4.99. The fourth-order valence-corrected chi connectivity index (χ4v) is 3.43. The fourth-order valence-electron chi connectivity index (χ4n) is 2.97. The molecule has 3 aromatic rings. The molecule has 1 N–H and O–H groups in total. The molecule has 0 saturated heterocycles. The van der Waals surface area contributed by atoms with Crippen molar-refractivity contribution in [3.8, 4) is 5.69 Å². The van der Waals surface area contributed by atoms with Gasteiger partial charge in [-0.25, -0.2) is 5.43 Å².